The highest BCUT2D eigenvalue weighted by atomic mass is 16.1. The van der Waals surface area contributed by atoms with E-state index in [1.165, 1.54) is 0 Å². The highest BCUT2D eigenvalue weighted by molar-refractivity contribution is 5.99. The zero-order valence-corrected chi connectivity index (χ0v) is 13.7. The Morgan fingerprint density at radius 3 is 2.75 bits per heavy atom. The van der Waals surface area contributed by atoms with Gasteiger partial charge in [-0.15, -0.1) is 0 Å². The van der Waals surface area contributed by atoms with Crippen molar-refractivity contribution in [3.05, 3.63) is 52.3 Å². The van der Waals surface area contributed by atoms with Gasteiger partial charge in [-0.05, 0) is 49.1 Å². The Balaban J connectivity index is 2.07. The third-order valence-electron chi connectivity index (χ3n) is 3.74. The van der Waals surface area contributed by atoms with Gasteiger partial charge >= 0.3 is 0 Å². The van der Waals surface area contributed by atoms with Crippen LogP contribution in [0.4, 0.5) is 5.82 Å². The first-order valence-corrected chi connectivity index (χ1v) is 7.44. The molecule has 2 heterocycles. The van der Waals surface area contributed by atoms with Crippen molar-refractivity contribution >= 4 is 22.6 Å². The van der Waals surface area contributed by atoms with Crippen molar-refractivity contribution in [1.82, 2.24) is 15.2 Å². The first kappa shape index (κ1) is 15.6. The summed E-state index contributed by atoms with van der Waals surface area (Å²) in [6, 6.07) is 6.09. The monoisotopic (exact) mass is 319 g/mol. The number of carbonyl (C=O) groups excluding carboxylic acids is 1. The molecular formula is C18H17N5O. The summed E-state index contributed by atoms with van der Waals surface area (Å²) in [5, 5.41) is 10.6. The van der Waals surface area contributed by atoms with Crippen LogP contribution in [-0.2, 0) is 0 Å². The predicted octanol–water partition coefficient (Wildman–Crippen LogP) is 2.12. The molecule has 0 unspecified atom stereocenters. The number of amides is 1. The van der Waals surface area contributed by atoms with Gasteiger partial charge in [0.2, 0.25) is 0 Å². The molecule has 3 aromatic rings. The number of hydrogen-bond acceptors (Lipinski definition) is 4. The number of anilines is 1. The summed E-state index contributed by atoms with van der Waals surface area (Å²) in [5.74, 6) is 5.83. The third kappa shape index (κ3) is 2.79. The number of primary amides is 1. The van der Waals surface area contributed by atoms with Gasteiger partial charge < -0.3 is 11.1 Å². The van der Waals surface area contributed by atoms with Crippen molar-refractivity contribution in [3.8, 4) is 11.8 Å². The molecule has 0 spiro atoms. The molecule has 0 saturated heterocycles. The van der Waals surface area contributed by atoms with Crippen LogP contribution in [0.1, 0.15) is 32.7 Å². The van der Waals surface area contributed by atoms with Gasteiger partial charge in [0.25, 0.3) is 5.91 Å². The van der Waals surface area contributed by atoms with Crippen LogP contribution in [0.25, 0.3) is 10.9 Å². The minimum atomic E-state index is -0.579. The molecule has 24 heavy (non-hydrogen) atoms. The maximum absolute atomic E-state index is 11.6. The average molecular weight is 319 g/mol. The van der Waals surface area contributed by atoms with Gasteiger partial charge in [-0.3, -0.25) is 14.9 Å². The van der Waals surface area contributed by atoms with E-state index in [4.69, 9.17) is 5.73 Å². The lowest BCUT2D eigenvalue weighted by molar-refractivity contribution is 0.100. The van der Waals surface area contributed by atoms with Crippen LogP contribution in [0.2, 0.25) is 0 Å². The van der Waals surface area contributed by atoms with Gasteiger partial charge in [0.1, 0.15) is 11.3 Å². The number of pyridine rings is 1. The molecule has 4 N–H and O–H groups in total. The molecule has 6 heteroatoms. The van der Waals surface area contributed by atoms with E-state index in [1.807, 2.05) is 26.1 Å². The van der Waals surface area contributed by atoms with Crippen molar-refractivity contribution in [2.75, 3.05) is 12.4 Å². The first-order valence-electron chi connectivity index (χ1n) is 7.44. The average Bonchev–Trinajstić information content (AvgIpc) is 2.96. The molecule has 0 atom stereocenters. The van der Waals surface area contributed by atoms with Crippen LogP contribution in [0.5, 0.6) is 0 Å². The number of aromatic amines is 1. The van der Waals surface area contributed by atoms with Crippen LogP contribution in [-0.4, -0.2) is 28.1 Å². The smallest absolute Gasteiger partial charge is 0.255 e. The molecule has 0 bridgehead atoms. The van der Waals surface area contributed by atoms with Gasteiger partial charge in [-0.1, -0.05) is 5.92 Å². The topological polar surface area (TPSA) is 96.7 Å². The summed E-state index contributed by atoms with van der Waals surface area (Å²) in [4.78, 5) is 16.0. The number of H-pyrrole nitrogens is 1. The number of rotatable bonds is 2. The molecule has 0 aliphatic rings. The van der Waals surface area contributed by atoms with Crippen molar-refractivity contribution in [3.63, 3.8) is 0 Å². The zero-order chi connectivity index (χ0) is 17.3. The van der Waals surface area contributed by atoms with E-state index in [0.717, 1.165) is 27.6 Å². The summed E-state index contributed by atoms with van der Waals surface area (Å²) < 4.78 is 0. The second kappa shape index (κ2) is 6.05. The van der Waals surface area contributed by atoms with E-state index >= 15 is 0 Å². The largest absolute Gasteiger partial charge is 0.371 e. The molecule has 0 radical (unpaired) electrons. The second-order valence-electron chi connectivity index (χ2n) is 5.56. The molecule has 1 aromatic carbocycles. The summed E-state index contributed by atoms with van der Waals surface area (Å²) in [6.07, 6.45) is 1.83. The molecule has 2 aromatic heterocycles. The molecule has 0 aliphatic heterocycles. The first-order chi connectivity index (χ1) is 11.5. The summed E-state index contributed by atoms with van der Waals surface area (Å²) in [5.41, 5.74) is 9.94. The zero-order valence-electron chi connectivity index (χ0n) is 13.7. The standard InChI is InChI=1S/C18H17N5O/c1-10-6-13-7-11(2)12(8-15(13)21-9-10)4-5-14-16(17(19)24)18(20-3)23-22-14/h6-9H,1-3H3,(H2,19,24)(H2,20,22,23). The van der Waals surface area contributed by atoms with Crippen LogP contribution < -0.4 is 11.1 Å². The molecule has 6 nitrogen and oxygen atoms in total. The Morgan fingerprint density at radius 1 is 1.25 bits per heavy atom. The number of fused-ring (bicyclic) bond motifs is 1. The number of nitrogens with one attached hydrogen (secondary N) is 2. The van der Waals surface area contributed by atoms with E-state index in [9.17, 15) is 4.79 Å². The van der Waals surface area contributed by atoms with E-state index < -0.39 is 5.91 Å². The van der Waals surface area contributed by atoms with Gasteiger partial charge in [-0.2, -0.15) is 5.10 Å². The molecule has 1 amide bonds. The Labute approximate surface area is 139 Å². The maximum Gasteiger partial charge on any atom is 0.255 e. The van der Waals surface area contributed by atoms with Crippen molar-refractivity contribution in [1.29, 1.82) is 0 Å². The van der Waals surface area contributed by atoms with Crippen molar-refractivity contribution in [2.45, 2.75) is 13.8 Å². The maximum atomic E-state index is 11.6. The fourth-order valence-corrected chi connectivity index (χ4v) is 2.52. The normalized spacial score (nSPS) is 10.3. The Hall–Kier alpha value is -3.33. The number of nitrogens with two attached hydrogens (primary N) is 1. The number of benzene rings is 1. The van der Waals surface area contributed by atoms with Gasteiger partial charge in [0.05, 0.1) is 5.52 Å². The van der Waals surface area contributed by atoms with E-state index in [0.29, 0.717) is 11.5 Å². The Kier molecular flexibility index (Phi) is 3.92. The molecule has 3 rings (SSSR count). The number of hydrogen-bond donors (Lipinski definition) is 3. The summed E-state index contributed by atoms with van der Waals surface area (Å²) in [6.45, 7) is 4.01. The molecule has 0 fully saturated rings. The SMILES string of the molecule is CNc1n[nH]c(C#Cc2cc3ncc(C)cc3cc2C)c1C(N)=O. The second-order valence-corrected chi connectivity index (χ2v) is 5.56. The third-order valence-corrected chi connectivity index (χ3v) is 3.74. The van der Waals surface area contributed by atoms with Crippen LogP contribution in [0.15, 0.2) is 24.4 Å². The lowest BCUT2D eigenvalue weighted by Gasteiger charge is -2.03. The van der Waals surface area contributed by atoms with E-state index in [-0.39, 0.29) is 5.56 Å². The van der Waals surface area contributed by atoms with Gasteiger partial charge in [0.15, 0.2) is 5.82 Å². The number of carbonyl (C=O) groups is 1. The van der Waals surface area contributed by atoms with Crippen LogP contribution in [0.3, 0.4) is 0 Å². The summed E-state index contributed by atoms with van der Waals surface area (Å²) in [7, 11) is 1.67. The quantitative estimate of drug-likeness (QED) is 0.630. The van der Waals surface area contributed by atoms with Crippen molar-refractivity contribution < 1.29 is 4.79 Å². The Bertz CT molecular complexity index is 1010. The minimum Gasteiger partial charge on any atom is -0.371 e. The van der Waals surface area contributed by atoms with E-state index in [2.05, 4.69) is 44.5 Å². The van der Waals surface area contributed by atoms with Gasteiger partial charge in [0, 0.05) is 24.2 Å². The number of aryl methyl sites for hydroxylation is 2. The number of aromatic nitrogens is 3. The van der Waals surface area contributed by atoms with E-state index in [1.54, 1.807) is 7.05 Å². The fourth-order valence-electron chi connectivity index (χ4n) is 2.52. The number of nitrogens with zero attached hydrogens (tertiary/aromatic N) is 2. The molecule has 0 saturated carbocycles. The summed E-state index contributed by atoms with van der Waals surface area (Å²) >= 11 is 0. The molecular weight excluding hydrogens is 302 g/mol. The fraction of sp³-hybridized carbons (Fsp3) is 0.167. The molecule has 0 aliphatic carbocycles. The minimum absolute atomic E-state index is 0.261. The molecule has 120 valence electrons. The van der Waals surface area contributed by atoms with Gasteiger partial charge in [-0.25, -0.2) is 0 Å². The van der Waals surface area contributed by atoms with Crippen molar-refractivity contribution in [2.24, 2.45) is 5.73 Å². The highest BCUT2D eigenvalue weighted by Crippen LogP contribution is 2.19. The predicted molar refractivity (Wildman–Crippen MR) is 93.8 cm³/mol. The van der Waals surface area contributed by atoms with Crippen LogP contribution in [0, 0.1) is 25.7 Å². The Morgan fingerprint density at radius 2 is 2.04 bits per heavy atom. The lowest BCUT2D eigenvalue weighted by Crippen LogP contribution is -2.13. The highest BCUT2D eigenvalue weighted by Gasteiger charge is 2.15. The van der Waals surface area contributed by atoms with Crippen LogP contribution >= 0.6 is 0 Å². The lowest BCUT2D eigenvalue weighted by atomic mass is 10.0.